The van der Waals surface area contributed by atoms with Gasteiger partial charge in [-0.1, -0.05) is 0 Å². The van der Waals surface area contributed by atoms with Gasteiger partial charge in [0, 0.05) is 13.1 Å². The molecule has 0 bridgehead atoms. The number of hydrogen-bond donors (Lipinski definition) is 2. The van der Waals surface area contributed by atoms with Crippen molar-refractivity contribution in [1.82, 2.24) is 10.6 Å². The minimum absolute atomic E-state index is 0.0319. The van der Waals surface area contributed by atoms with E-state index in [1.54, 1.807) is 48.5 Å². The number of carbonyl (C=O) groups is 3. The molecule has 152 valence electrons. The maximum Gasteiger partial charge on any atom is 0.407 e. The molecule has 0 aromatic rings. The van der Waals surface area contributed by atoms with Gasteiger partial charge in [0.25, 0.3) is 0 Å². The maximum atomic E-state index is 11.7. The summed E-state index contributed by atoms with van der Waals surface area (Å²) in [5, 5.41) is 5.07. The molecule has 0 rings (SSSR count). The Morgan fingerprint density at radius 1 is 0.846 bits per heavy atom. The number of esters is 1. The lowest BCUT2D eigenvalue weighted by atomic mass is 10.2. The molecular weight excluding hydrogens is 344 g/mol. The van der Waals surface area contributed by atoms with E-state index < -0.39 is 35.5 Å². The van der Waals surface area contributed by atoms with Crippen molar-refractivity contribution in [3.63, 3.8) is 0 Å². The van der Waals surface area contributed by atoms with Gasteiger partial charge in [0.2, 0.25) is 0 Å². The van der Waals surface area contributed by atoms with Crippen molar-refractivity contribution in [1.29, 1.82) is 0 Å². The topological polar surface area (TPSA) is 112 Å². The number of nitrogens with one attached hydrogen (secondary N) is 2. The van der Waals surface area contributed by atoms with E-state index in [-0.39, 0.29) is 26.3 Å². The molecule has 9 heteroatoms. The van der Waals surface area contributed by atoms with Crippen molar-refractivity contribution in [3.8, 4) is 0 Å². The summed E-state index contributed by atoms with van der Waals surface area (Å²) in [6.07, 6.45) is -1.92. The standard InChI is InChI=1S/C17H32N2O7/c1-8-23-13(20)11-24-12(9-18-14(21)25-16(2,3)4)10-19-15(22)26-17(5,6)7/h12H,8-11H2,1-7H3,(H,18,21)(H,19,22). The van der Waals surface area contributed by atoms with E-state index in [9.17, 15) is 14.4 Å². The molecule has 26 heavy (non-hydrogen) atoms. The predicted molar refractivity (Wildman–Crippen MR) is 94.8 cm³/mol. The Balaban J connectivity index is 4.56. The Morgan fingerprint density at radius 3 is 1.62 bits per heavy atom. The van der Waals surface area contributed by atoms with Crippen molar-refractivity contribution in [3.05, 3.63) is 0 Å². The van der Waals surface area contributed by atoms with Crippen molar-refractivity contribution in [2.45, 2.75) is 65.8 Å². The van der Waals surface area contributed by atoms with Crippen LogP contribution in [0.25, 0.3) is 0 Å². The molecule has 0 radical (unpaired) electrons. The molecule has 0 unspecified atom stereocenters. The Hall–Kier alpha value is -2.03. The smallest absolute Gasteiger partial charge is 0.407 e. The van der Waals surface area contributed by atoms with E-state index in [1.165, 1.54) is 0 Å². The maximum absolute atomic E-state index is 11.7. The number of ether oxygens (including phenoxy) is 4. The van der Waals surface area contributed by atoms with Gasteiger partial charge in [0.15, 0.2) is 0 Å². The molecule has 0 aliphatic heterocycles. The summed E-state index contributed by atoms with van der Waals surface area (Å²) in [7, 11) is 0. The van der Waals surface area contributed by atoms with Crippen molar-refractivity contribution >= 4 is 18.2 Å². The fourth-order valence-electron chi connectivity index (χ4n) is 1.60. The van der Waals surface area contributed by atoms with Crippen LogP contribution in [-0.4, -0.2) is 61.8 Å². The molecule has 0 atom stereocenters. The first kappa shape index (κ1) is 24.0. The summed E-state index contributed by atoms with van der Waals surface area (Å²) >= 11 is 0. The van der Waals surface area contributed by atoms with Crippen LogP contribution in [0.4, 0.5) is 9.59 Å². The van der Waals surface area contributed by atoms with Gasteiger partial charge < -0.3 is 29.6 Å². The Labute approximate surface area is 155 Å². The molecule has 0 aromatic carbocycles. The van der Waals surface area contributed by atoms with Crippen LogP contribution in [-0.2, 0) is 23.7 Å². The van der Waals surface area contributed by atoms with E-state index in [2.05, 4.69) is 10.6 Å². The quantitative estimate of drug-likeness (QED) is 0.492. The second kappa shape index (κ2) is 10.8. The van der Waals surface area contributed by atoms with E-state index in [0.29, 0.717) is 0 Å². The Kier molecular flexibility index (Phi) is 10.0. The van der Waals surface area contributed by atoms with Gasteiger partial charge in [0.1, 0.15) is 17.8 Å². The molecule has 0 heterocycles. The fourth-order valence-corrected chi connectivity index (χ4v) is 1.60. The monoisotopic (exact) mass is 376 g/mol. The predicted octanol–water partition coefficient (Wildman–Crippen LogP) is 1.98. The molecule has 0 aliphatic carbocycles. The highest BCUT2D eigenvalue weighted by Gasteiger charge is 2.21. The number of amides is 2. The molecule has 9 nitrogen and oxygen atoms in total. The third-order valence-corrected chi connectivity index (χ3v) is 2.49. The van der Waals surface area contributed by atoms with Crippen LogP contribution in [0.1, 0.15) is 48.5 Å². The van der Waals surface area contributed by atoms with E-state index in [1.807, 2.05) is 0 Å². The highest BCUT2D eigenvalue weighted by molar-refractivity contribution is 5.71. The second-order valence-corrected chi connectivity index (χ2v) is 7.50. The highest BCUT2D eigenvalue weighted by atomic mass is 16.6. The van der Waals surface area contributed by atoms with Crippen LogP contribution in [0.5, 0.6) is 0 Å². The zero-order valence-corrected chi connectivity index (χ0v) is 16.8. The third kappa shape index (κ3) is 14.3. The number of carbonyl (C=O) groups excluding carboxylic acids is 3. The largest absolute Gasteiger partial charge is 0.464 e. The Bertz CT molecular complexity index is 435. The van der Waals surface area contributed by atoms with Crippen LogP contribution in [0.3, 0.4) is 0 Å². The highest BCUT2D eigenvalue weighted by Crippen LogP contribution is 2.07. The van der Waals surface area contributed by atoms with Gasteiger partial charge in [-0.25, -0.2) is 14.4 Å². The van der Waals surface area contributed by atoms with Crippen molar-refractivity contribution in [2.24, 2.45) is 0 Å². The van der Waals surface area contributed by atoms with Crippen LogP contribution in [0, 0.1) is 0 Å². The summed E-state index contributed by atoms with van der Waals surface area (Å²) in [6.45, 7) is 12.1. The van der Waals surface area contributed by atoms with Crippen LogP contribution >= 0.6 is 0 Å². The molecule has 0 aromatic heterocycles. The SMILES string of the molecule is CCOC(=O)COC(CNC(=O)OC(C)(C)C)CNC(=O)OC(C)(C)C. The second-order valence-electron chi connectivity index (χ2n) is 7.50. The van der Waals surface area contributed by atoms with E-state index >= 15 is 0 Å². The molecule has 0 saturated carbocycles. The zero-order chi connectivity index (χ0) is 20.4. The molecule has 0 aliphatic rings. The minimum atomic E-state index is -0.667. The van der Waals surface area contributed by atoms with Gasteiger partial charge in [-0.3, -0.25) is 0 Å². The van der Waals surface area contributed by atoms with E-state index in [0.717, 1.165) is 0 Å². The number of alkyl carbamates (subject to hydrolysis) is 2. The number of hydrogen-bond acceptors (Lipinski definition) is 7. The minimum Gasteiger partial charge on any atom is -0.464 e. The van der Waals surface area contributed by atoms with Gasteiger partial charge in [-0.2, -0.15) is 0 Å². The van der Waals surface area contributed by atoms with Crippen molar-refractivity contribution < 1.29 is 33.3 Å². The molecule has 2 amide bonds. The van der Waals surface area contributed by atoms with Crippen LogP contribution in [0.15, 0.2) is 0 Å². The molecular formula is C17H32N2O7. The first-order valence-electron chi connectivity index (χ1n) is 8.53. The summed E-state index contributed by atoms with van der Waals surface area (Å²) in [4.78, 5) is 34.9. The lowest BCUT2D eigenvalue weighted by molar-refractivity contribution is -0.150. The average Bonchev–Trinajstić information content (AvgIpc) is 2.43. The van der Waals surface area contributed by atoms with Crippen molar-refractivity contribution in [2.75, 3.05) is 26.3 Å². The van der Waals surface area contributed by atoms with Gasteiger partial charge in [0.05, 0.1) is 12.7 Å². The number of rotatable bonds is 8. The fraction of sp³-hybridized carbons (Fsp3) is 0.824. The first-order chi connectivity index (χ1) is 11.8. The Morgan fingerprint density at radius 2 is 1.27 bits per heavy atom. The molecule has 0 fully saturated rings. The molecule has 0 spiro atoms. The van der Waals surface area contributed by atoms with Gasteiger partial charge >= 0.3 is 18.2 Å². The lowest BCUT2D eigenvalue weighted by Gasteiger charge is -2.23. The molecule has 2 N–H and O–H groups in total. The van der Waals surface area contributed by atoms with Crippen LogP contribution < -0.4 is 10.6 Å². The average molecular weight is 376 g/mol. The summed E-state index contributed by atoms with van der Waals surface area (Å²) in [5.74, 6) is -0.535. The zero-order valence-electron chi connectivity index (χ0n) is 16.8. The summed E-state index contributed by atoms with van der Waals surface area (Å²) in [5.41, 5.74) is -1.28. The molecule has 0 saturated heterocycles. The summed E-state index contributed by atoms with van der Waals surface area (Å²) < 4.78 is 20.5. The van der Waals surface area contributed by atoms with Crippen LogP contribution in [0.2, 0.25) is 0 Å². The third-order valence-electron chi connectivity index (χ3n) is 2.49. The normalized spacial score (nSPS) is 11.7. The van der Waals surface area contributed by atoms with E-state index in [4.69, 9.17) is 18.9 Å². The first-order valence-corrected chi connectivity index (χ1v) is 8.53. The summed E-state index contributed by atoms with van der Waals surface area (Å²) in [6, 6.07) is 0. The van der Waals surface area contributed by atoms with Gasteiger partial charge in [-0.05, 0) is 48.5 Å². The lowest BCUT2D eigenvalue weighted by Crippen LogP contribution is -2.44. The van der Waals surface area contributed by atoms with Gasteiger partial charge in [-0.15, -0.1) is 0 Å².